The zero-order valence-corrected chi connectivity index (χ0v) is 17.9. The SMILES string of the molecule is Cc1nc(N2CC3(CC3)C2)ncc1Cn1cc(C(=O)N[C@@H]2CCc3c(C)n[nH]c32)cn1. The van der Waals surface area contributed by atoms with Crippen molar-refractivity contribution in [2.75, 3.05) is 18.0 Å². The summed E-state index contributed by atoms with van der Waals surface area (Å²) in [6.45, 7) is 6.72. The molecule has 3 aliphatic rings. The molecule has 2 N–H and O–H groups in total. The second-order valence-corrected chi connectivity index (χ2v) is 9.33. The summed E-state index contributed by atoms with van der Waals surface area (Å²) in [4.78, 5) is 24.3. The Labute approximate surface area is 180 Å². The molecule has 1 aliphatic heterocycles. The molecule has 3 aromatic rings. The van der Waals surface area contributed by atoms with Crippen LogP contribution in [-0.2, 0) is 13.0 Å². The van der Waals surface area contributed by atoms with E-state index in [1.807, 2.05) is 20.0 Å². The normalized spacial score (nSPS) is 20.6. The van der Waals surface area contributed by atoms with Crippen LogP contribution in [-0.4, -0.2) is 48.9 Å². The van der Waals surface area contributed by atoms with Crippen molar-refractivity contribution >= 4 is 11.9 Å². The van der Waals surface area contributed by atoms with E-state index < -0.39 is 0 Å². The number of aromatic amines is 1. The van der Waals surface area contributed by atoms with Crippen LogP contribution in [0, 0.1) is 19.3 Å². The van der Waals surface area contributed by atoms with Crippen molar-refractivity contribution in [2.45, 2.75) is 52.1 Å². The summed E-state index contributed by atoms with van der Waals surface area (Å²) in [7, 11) is 0. The topological polar surface area (TPSA) is 105 Å². The fraction of sp³-hybridized carbons (Fsp3) is 0.500. The van der Waals surface area contributed by atoms with Crippen LogP contribution in [0.3, 0.4) is 0 Å². The van der Waals surface area contributed by atoms with E-state index >= 15 is 0 Å². The van der Waals surface area contributed by atoms with E-state index in [-0.39, 0.29) is 11.9 Å². The van der Waals surface area contributed by atoms with Gasteiger partial charge in [0.1, 0.15) is 0 Å². The molecule has 2 fully saturated rings. The van der Waals surface area contributed by atoms with Gasteiger partial charge in [0.15, 0.2) is 0 Å². The van der Waals surface area contributed by atoms with Gasteiger partial charge in [-0.3, -0.25) is 14.6 Å². The third-order valence-electron chi connectivity index (χ3n) is 7.03. The summed E-state index contributed by atoms with van der Waals surface area (Å²) in [6, 6.07) is -0.0217. The van der Waals surface area contributed by atoms with Gasteiger partial charge in [0.25, 0.3) is 5.91 Å². The monoisotopic (exact) mass is 418 g/mol. The van der Waals surface area contributed by atoms with E-state index in [0.717, 1.165) is 54.5 Å². The summed E-state index contributed by atoms with van der Waals surface area (Å²) in [5.74, 6) is 0.704. The van der Waals surface area contributed by atoms with Gasteiger partial charge in [0, 0.05) is 42.2 Å². The predicted octanol–water partition coefficient (Wildman–Crippen LogP) is 2.08. The fourth-order valence-corrected chi connectivity index (χ4v) is 4.82. The van der Waals surface area contributed by atoms with E-state index in [1.54, 1.807) is 17.1 Å². The molecule has 0 radical (unpaired) electrons. The minimum atomic E-state index is -0.119. The van der Waals surface area contributed by atoms with Gasteiger partial charge in [-0.25, -0.2) is 9.97 Å². The average Bonchev–Trinajstić information content (AvgIpc) is 3.04. The molecule has 0 aromatic carbocycles. The number of hydrogen-bond acceptors (Lipinski definition) is 6. The minimum absolute atomic E-state index is 0.0217. The maximum atomic E-state index is 12.7. The van der Waals surface area contributed by atoms with Crippen LogP contribution in [0.1, 0.15) is 63.9 Å². The lowest BCUT2D eigenvalue weighted by atomic mass is 9.98. The molecule has 9 heteroatoms. The van der Waals surface area contributed by atoms with E-state index in [4.69, 9.17) is 4.98 Å². The van der Waals surface area contributed by atoms with Gasteiger partial charge in [0.2, 0.25) is 5.95 Å². The molecule has 1 amide bonds. The number of carbonyl (C=O) groups is 1. The third-order valence-corrected chi connectivity index (χ3v) is 7.03. The molecule has 1 saturated carbocycles. The van der Waals surface area contributed by atoms with Crippen LogP contribution in [0.15, 0.2) is 18.6 Å². The molecule has 1 atom stereocenters. The number of fused-ring (bicyclic) bond motifs is 1. The first-order valence-electron chi connectivity index (χ1n) is 10.9. The molecule has 0 bridgehead atoms. The van der Waals surface area contributed by atoms with Crippen molar-refractivity contribution in [1.82, 2.24) is 35.3 Å². The number of rotatable bonds is 5. The Kier molecular flexibility index (Phi) is 3.97. The molecule has 3 aromatic heterocycles. The van der Waals surface area contributed by atoms with Gasteiger partial charge in [-0.15, -0.1) is 0 Å². The standard InChI is InChI=1S/C22H26N8O/c1-13-15(7-23-21(25-13)29-11-22(12-29)5-6-22)9-30-10-16(8-24-30)20(31)26-18-4-3-17-14(2)27-28-19(17)18/h7-8,10,18H,3-6,9,11-12H2,1-2H3,(H,26,31)(H,27,28)/t18-/m1/s1. The highest BCUT2D eigenvalue weighted by atomic mass is 16.1. The van der Waals surface area contributed by atoms with Crippen LogP contribution < -0.4 is 10.2 Å². The Morgan fingerprint density at radius 2 is 2.10 bits per heavy atom. The van der Waals surface area contributed by atoms with Gasteiger partial charge in [-0.1, -0.05) is 0 Å². The van der Waals surface area contributed by atoms with Crippen molar-refractivity contribution in [1.29, 1.82) is 0 Å². The maximum Gasteiger partial charge on any atom is 0.255 e. The molecule has 4 heterocycles. The molecule has 2 aliphatic carbocycles. The molecule has 160 valence electrons. The lowest BCUT2D eigenvalue weighted by Gasteiger charge is -2.40. The average molecular weight is 419 g/mol. The smallest absolute Gasteiger partial charge is 0.255 e. The highest BCUT2D eigenvalue weighted by Crippen LogP contribution is 2.53. The summed E-state index contributed by atoms with van der Waals surface area (Å²) < 4.78 is 1.77. The molecule has 1 spiro atoms. The highest BCUT2D eigenvalue weighted by Gasteiger charge is 2.53. The maximum absolute atomic E-state index is 12.7. The molecule has 6 rings (SSSR count). The Balaban J connectivity index is 1.11. The molecule has 0 unspecified atom stereocenters. The Bertz CT molecular complexity index is 1170. The van der Waals surface area contributed by atoms with Crippen LogP contribution in [0.4, 0.5) is 5.95 Å². The van der Waals surface area contributed by atoms with Gasteiger partial charge >= 0.3 is 0 Å². The predicted molar refractivity (Wildman–Crippen MR) is 114 cm³/mol. The second kappa shape index (κ2) is 6.63. The summed E-state index contributed by atoms with van der Waals surface area (Å²) in [5.41, 5.74) is 6.37. The minimum Gasteiger partial charge on any atom is -0.344 e. The number of hydrogen-bond donors (Lipinski definition) is 2. The number of nitrogens with one attached hydrogen (secondary N) is 2. The largest absolute Gasteiger partial charge is 0.344 e. The third kappa shape index (κ3) is 3.19. The van der Waals surface area contributed by atoms with Crippen LogP contribution in [0.2, 0.25) is 0 Å². The zero-order chi connectivity index (χ0) is 21.2. The highest BCUT2D eigenvalue weighted by molar-refractivity contribution is 5.94. The van der Waals surface area contributed by atoms with Gasteiger partial charge < -0.3 is 10.2 Å². The summed E-state index contributed by atoms with van der Waals surface area (Å²) in [6.07, 6.45) is 9.81. The number of anilines is 1. The molecular formula is C22H26N8O. The first-order chi connectivity index (χ1) is 15.0. The number of amides is 1. The van der Waals surface area contributed by atoms with E-state index in [2.05, 4.69) is 30.5 Å². The molecule has 31 heavy (non-hydrogen) atoms. The quantitative estimate of drug-likeness (QED) is 0.657. The van der Waals surface area contributed by atoms with Gasteiger partial charge in [-0.05, 0) is 45.1 Å². The number of carbonyl (C=O) groups excluding carboxylic acids is 1. The van der Waals surface area contributed by atoms with Crippen LogP contribution >= 0.6 is 0 Å². The number of nitrogens with zero attached hydrogens (tertiary/aromatic N) is 6. The molecule has 9 nitrogen and oxygen atoms in total. The summed E-state index contributed by atoms with van der Waals surface area (Å²) in [5, 5.41) is 14.8. The Morgan fingerprint density at radius 3 is 2.87 bits per heavy atom. The fourth-order valence-electron chi connectivity index (χ4n) is 4.82. The lowest BCUT2D eigenvalue weighted by Crippen LogP contribution is -2.49. The van der Waals surface area contributed by atoms with Crippen molar-refractivity contribution in [2.24, 2.45) is 5.41 Å². The first-order valence-corrected chi connectivity index (χ1v) is 10.9. The Hall–Kier alpha value is -3.23. The van der Waals surface area contributed by atoms with E-state index in [9.17, 15) is 4.79 Å². The number of aryl methyl sites for hydroxylation is 2. The van der Waals surface area contributed by atoms with Crippen molar-refractivity contribution in [3.8, 4) is 0 Å². The van der Waals surface area contributed by atoms with Crippen LogP contribution in [0.5, 0.6) is 0 Å². The van der Waals surface area contributed by atoms with Crippen molar-refractivity contribution in [3.05, 3.63) is 52.4 Å². The van der Waals surface area contributed by atoms with Crippen molar-refractivity contribution in [3.63, 3.8) is 0 Å². The van der Waals surface area contributed by atoms with Crippen LogP contribution in [0.25, 0.3) is 0 Å². The van der Waals surface area contributed by atoms with Crippen molar-refractivity contribution < 1.29 is 4.79 Å². The zero-order valence-electron chi connectivity index (χ0n) is 17.9. The van der Waals surface area contributed by atoms with Gasteiger partial charge in [-0.2, -0.15) is 10.2 Å². The number of H-pyrrole nitrogens is 1. The summed E-state index contributed by atoms with van der Waals surface area (Å²) >= 11 is 0. The molecular weight excluding hydrogens is 392 g/mol. The lowest BCUT2D eigenvalue weighted by molar-refractivity contribution is 0.0936. The van der Waals surface area contributed by atoms with E-state index in [0.29, 0.717) is 17.5 Å². The number of aromatic nitrogens is 6. The van der Waals surface area contributed by atoms with E-state index in [1.165, 1.54) is 18.4 Å². The molecule has 1 saturated heterocycles. The van der Waals surface area contributed by atoms with Gasteiger partial charge in [0.05, 0.1) is 35.7 Å². The second-order valence-electron chi connectivity index (χ2n) is 9.33. The first kappa shape index (κ1) is 18.5. The Morgan fingerprint density at radius 1 is 1.26 bits per heavy atom.